The van der Waals surface area contributed by atoms with Crippen LogP contribution in [0.4, 0.5) is 8.78 Å². The summed E-state index contributed by atoms with van der Waals surface area (Å²) in [7, 11) is 1.48. The third kappa shape index (κ3) is 6.67. The molecule has 1 unspecified atom stereocenters. The molecule has 2 heterocycles. The lowest BCUT2D eigenvalue weighted by Crippen LogP contribution is -2.59. The Hall–Kier alpha value is -1.84. The van der Waals surface area contributed by atoms with Crippen LogP contribution in [0.2, 0.25) is 0 Å². The summed E-state index contributed by atoms with van der Waals surface area (Å²) in [5, 5.41) is 8.42. The molecule has 0 aromatic rings. The van der Waals surface area contributed by atoms with E-state index in [0.717, 1.165) is 0 Å². The van der Waals surface area contributed by atoms with E-state index < -0.39 is 22.9 Å². The Bertz CT molecular complexity index is 654. The molecule has 0 aromatic heterocycles. The Morgan fingerprint density at radius 1 is 1.52 bits per heavy atom. The molecular weight excluding hydrogens is 380 g/mol. The third-order valence-electron chi connectivity index (χ3n) is 3.86. The SMILES string of the molecule is CNC(=O)/C(=C\C([NH-])Cl)NC1=CC=C(OC(C)(C)CN2CC(F)(F)C2)CN1. The van der Waals surface area contributed by atoms with Crippen LogP contribution in [0.15, 0.2) is 35.5 Å². The Kier molecular flexibility index (Phi) is 6.72. The highest BCUT2D eigenvalue weighted by Crippen LogP contribution is 2.29. The molecule has 27 heavy (non-hydrogen) atoms. The number of nitrogens with zero attached hydrogens (tertiary/aromatic N) is 1. The monoisotopic (exact) mass is 404 g/mol. The number of allylic oxidation sites excluding steroid dienone is 2. The fourth-order valence-corrected chi connectivity index (χ4v) is 3.00. The summed E-state index contributed by atoms with van der Waals surface area (Å²) < 4.78 is 31.9. The van der Waals surface area contributed by atoms with Crippen LogP contribution in [-0.4, -0.2) is 61.1 Å². The second kappa shape index (κ2) is 8.45. The van der Waals surface area contributed by atoms with E-state index in [-0.39, 0.29) is 18.8 Å². The quantitative estimate of drug-likeness (QED) is 0.326. The number of amides is 1. The lowest BCUT2D eigenvalue weighted by Gasteiger charge is -2.43. The highest BCUT2D eigenvalue weighted by Gasteiger charge is 2.45. The summed E-state index contributed by atoms with van der Waals surface area (Å²) in [6.07, 6.45) is 4.72. The lowest BCUT2D eigenvalue weighted by atomic mass is 10.0. The molecule has 2 rings (SSSR count). The summed E-state index contributed by atoms with van der Waals surface area (Å²) in [6.45, 7) is 3.99. The molecule has 1 saturated heterocycles. The molecule has 0 spiro atoms. The highest BCUT2D eigenvalue weighted by molar-refractivity contribution is 6.22. The molecule has 0 radical (unpaired) electrons. The van der Waals surface area contributed by atoms with Gasteiger partial charge < -0.3 is 26.4 Å². The Labute approximate surface area is 162 Å². The standard InChI is InChI=1S/C17H25ClF2N5O2/c1-16(2,8-25-9-17(19,20)10-25)27-11-4-5-14(23-7-11)24-12(6-13(18)21)15(26)22-3/h4-6,13,21,23-24H,7-10H2,1-3H3,(H,22,26)/q-1/b12-6+. The van der Waals surface area contributed by atoms with Crippen LogP contribution in [0, 0.1) is 0 Å². The zero-order valence-corrected chi connectivity index (χ0v) is 16.3. The largest absolute Gasteiger partial charge is 0.658 e. The summed E-state index contributed by atoms with van der Waals surface area (Å²) in [5.74, 6) is -1.79. The Morgan fingerprint density at radius 2 is 2.19 bits per heavy atom. The van der Waals surface area contributed by atoms with E-state index in [9.17, 15) is 13.6 Å². The molecule has 10 heteroatoms. The first-order valence-electron chi connectivity index (χ1n) is 8.50. The maximum absolute atomic E-state index is 13.0. The number of hydrogen-bond acceptors (Lipinski definition) is 5. The van der Waals surface area contributed by atoms with Crippen molar-refractivity contribution in [2.75, 3.05) is 33.2 Å². The minimum atomic E-state index is -2.60. The van der Waals surface area contributed by atoms with Crippen LogP contribution >= 0.6 is 11.6 Å². The minimum absolute atomic E-state index is 0.156. The number of halogens is 3. The normalized spacial score (nSPS) is 21.2. The number of ether oxygens (including phenoxy) is 1. The van der Waals surface area contributed by atoms with E-state index in [2.05, 4.69) is 16.0 Å². The van der Waals surface area contributed by atoms with Crippen molar-refractivity contribution in [2.45, 2.75) is 30.9 Å². The van der Waals surface area contributed by atoms with Crippen molar-refractivity contribution in [3.8, 4) is 0 Å². The van der Waals surface area contributed by atoms with Crippen LogP contribution in [-0.2, 0) is 9.53 Å². The van der Waals surface area contributed by atoms with Crippen molar-refractivity contribution in [3.05, 3.63) is 41.2 Å². The summed E-state index contributed by atoms with van der Waals surface area (Å²) in [6, 6.07) is 0. The van der Waals surface area contributed by atoms with Crippen LogP contribution in [0.25, 0.3) is 5.73 Å². The van der Waals surface area contributed by atoms with Gasteiger partial charge in [0.2, 0.25) is 0 Å². The Balaban J connectivity index is 1.93. The van der Waals surface area contributed by atoms with Gasteiger partial charge in [0.25, 0.3) is 11.8 Å². The Morgan fingerprint density at radius 3 is 2.67 bits per heavy atom. The zero-order chi connectivity index (χ0) is 20.2. The number of nitrogens with one attached hydrogen (secondary N) is 4. The van der Waals surface area contributed by atoms with Crippen LogP contribution in [0.5, 0.6) is 0 Å². The van der Waals surface area contributed by atoms with Gasteiger partial charge in [-0.3, -0.25) is 9.69 Å². The van der Waals surface area contributed by atoms with E-state index in [4.69, 9.17) is 22.1 Å². The van der Waals surface area contributed by atoms with Crippen molar-refractivity contribution < 1.29 is 18.3 Å². The molecule has 0 aliphatic carbocycles. The molecule has 0 aromatic carbocycles. The van der Waals surface area contributed by atoms with Gasteiger partial charge in [0.15, 0.2) is 0 Å². The van der Waals surface area contributed by atoms with Gasteiger partial charge in [0, 0.05) is 13.6 Å². The fourth-order valence-electron chi connectivity index (χ4n) is 2.88. The van der Waals surface area contributed by atoms with Gasteiger partial charge in [-0.2, -0.15) is 0 Å². The molecule has 0 saturated carbocycles. The molecule has 7 nitrogen and oxygen atoms in total. The van der Waals surface area contributed by atoms with Crippen LogP contribution in [0.1, 0.15) is 13.8 Å². The second-order valence-corrected chi connectivity index (χ2v) is 7.59. The number of carbonyl (C=O) groups excluding carboxylic acids is 1. The lowest BCUT2D eigenvalue weighted by molar-refractivity contribution is -0.149. The molecule has 0 bridgehead atoms. The van der Waals surface area contributed by atoms with Crippen molar-refractivity contribution in [1.29, 1.82) is 0 Å². The van der Waals surface area contributed by atoms with Crippen molar-refractivity contribution in [3.63, 3.8) is 0 Å². The molecule has 1 amide bonds. The number of likely N-dealkylation sites (tertiary alicyclic amines) is 1. The number of rotatable bonds is 8. The maximum atomic E-state index is 13.0. The van der Waals surface area contributed by atoms with E-state index in [0.29, 0.717) is 24.7 Å². The van der Waals surface area contributed by atoms with Gasteiger partial charge in [0.05, 0.1) is 19.6 Å². The molecule has 4 N–H and O–H groups in total. The first-order chi connectivity index (χ1) is 12.5. The van der Waals surface area contributed by atoms with Gasteiger partial charge in [0.1, 0.15) is 22.9 Å². The first-order valence-corrected chi connectivity index (χ1v) is 8.93. The van der Waals surface area contributed by atoms with E-state index in [1.54, 1.807) is 17.1 Å². The summed E-state index contributed by atoms with van der Waals surface area (Å²) in [5.41, 5.74) is 5.85. The minimum Gasteiger partial charge on any atom is -0.658 e. The van der Waals surface area contributed by atoms with E-state index >= 15 is 0 Å². The molecule has 2 aliphatic rings. The molecule has 1 atom stereocenters. The number of hydrogen-bond donors (Lipinski definition) is 3. The molecule has 152 valence electrons. The average molecular weight is 405 g/mol. The third-order valence-corrected chi connectivity index (χ3v) is 3.99. The van der Waals surface area contributed by atoms with Crippen LogP contribution < -0.4 is 16.0 Å². The van der Waals surface area contributed by atoms with Gasteiger partial charge >= 0.3 is 0 Å². The summed E-state index contributed by atoms with van der Waals surface area (Å²) in [4.78, 5) is 13.5. The van der Waals surface area contributed by atoms with Gasteiger partial charge in [-0.15, -0.1) is 11.6 Å². The molecule has 1 fully saturated rings. The fraction of sp³-hybridized carbons (Fsp3) is 0.588. The van der Waals surface area contributed by atoms with Crippen molar-refractivity contribution in [1.82, 2.24) is 20.9 Å². The topological polar surface area (TPSA) is 89.4 Å². The number of likely N-dealkylation sites (N-methyl/N-ethyl adjacent to an activating group) is 1. The molecule has 2 aliphatic heterocycles. The van der Waals surface area contributed by atoms with E-state index in [1.165, 1.54) is 13.1 Å². The average Bonchev–Trinajstić information content (AvgIpc) is 2.52. The van der Waals surface area contributed by atoms with Crippen molar-refractivity contribution >= 4 is 17.5 Å². The van der Waals surface area contributed by atoms with E-state index in [1.807, 2.05) is 13.8 Å². The predicted octanol–water partition coefficient (Wildman–Crippen LogP) is 1.90. The van der Waals surface area contributed by atoms with Crippen molar-refractivity contribution in [2.24, 2.45) is 0 Å². The number of dihydropyridines is 1. The van der Waals surface area contributed by atoms with Crippen LogP contribution in [0.3, 0.4) is 0 Å². The smallest absolute Gasteiger partial charge is 0.272 e. The number of alkyl halides is 3. The molecular formula is C17H25ClF2N5O2-. The van der Waals surface area contributed by atoms with Gasteiger partial charge in [-0.25, -0.2) is 8.78 Å². The first kappa shape index (κ1) is 21.5. The summed E-state index contributed by atoms with van der Waals surface area (Å²) >= 11 is 5.61. The highest BCUT2D eigenvalue weighted by atomic mass is 35.5. The van der Waals surface area contributed by atoms with Gasteiger partial charge in [-0.05, 0) is 31.5 Å². The maximum Gasteiger partial charge on any atom is 0.272 e. The predicted molar refractivity (Wildman–Crippen MR) is 100.0 cm³/mol. The van der Waals surface area contributed by atoms with Gasteiger partial charge in [-0.1, -0.05) is 6.08 Å². The number of carbonyl (C=O) groups is 1. The second-order valence-electron chi connectivity index (χ2n) is 7.12. The zero-order valence-electron chi connectivity index (χ0n) is 15.5.